The first kappa shape index (κ1) is 19.2. The zero-order valence-electron chi connectivity index (χ0n) is 15.5. The molecule has 0 saturated carbocycles. The number of hydrogen-bond acceptors (Lipinski definition) is 3. The Kier molecular flexibility index (Phi) is 5.32. The number of halogens is 1. The molecule has 5 nitrogen and oxygen atoms in total. The number of carboxylic acids is 1. The van der Waals surface area contributed by atoms with Crippen molar-refractivity contribution in [2.45, 2.75) is 24.9 Å². The number of aromatic nitrogens is 1. The summed E-state index contributed by atoms with van der Waals surface area (Å²) in [6.45, 7) is 0. The molecule has 146 valence electrons. The molecule has 1 saturated heterocycles. The summed E-state index contributed by atoms with van der Waals surface area (Å²) in [5.74, 6) is -1.35. The molecule has 4 rings (SSSR count). The second-order valence-corrected chi connectivity index (χ2v) is 7.38. The van der Waals surface area contributed by atoms with Crippen LogP contribution in [-0.4, -0.2) is 32.9 Å². The zero-order chi connectivity index (χ0) is 20.4. The van der Waals surface area contributed by atoms with Crippen LogP contribution in [0.5, 0.6) is 0 Å². The van der Waals surface area contributed by atoms with Gasteiger partial charge < -0.3 is 10.0 Å². The molecule has 1 aromatic heterocycles. The summed E-state index contributed by atoms with van der Waals surface area (Å²) >= 11 is 6.29. The molecule has 3 aromatic rings. The summed E-state index contributed by atoms with van der Waals surface area (Å²) < 4.78 is 0. The maximum Gasteiger partial charge on any atom is 0.326 e. The lowest BCUT2D eigenvalue weighted by atomic mass is 10.0. The molecule has 29 heavy (non-hydrogen) atoms. The Balaban J connectivity index is 1.67. The van der Waals surface area contributed by atoms with Gasteiger partial charge in [0.05, 0.1) is 16.8 Å². The molecule has 0 unspecified atom stereocenters. The van der Waals surface area contributed by atoms with Gasteiger partial charge >= 0.3 is 5.97 Å². The number of aliphatic carboxylic acids is 1. The Morgan fingerprint density at radius 2 is 1.62 bits per heavy atom. The number of amides is 1. The highest BCUT2D eigenvalue weighted by Gasteiger charge is 2.43. The minimum absolute atomic E-state index is 0.332. The van der Waals surface area contributed by atoms with Crippen molar-refractivity contribution in [3.8, 4) is 11.1 Å². The van der Waals surface area contributed by atoms with Crippen LogP contribution in [0.25, 0.3) is 11.1 Å². The third kappa shape index (κ3) is 3.74. The van der Waals surface area contributed by atoms with Crippen LogP contribution in [0.3, 0.4) is 0 Å². The van der Waals surface area contributed by atoms with Crippen molar-refractivity contribution in [3.63, 3.8) is 0 Å². The fraction of sp³-hybridized carbons (Fsp3) is 0.174. The zero-order valence-corrected chi connectivity index (χ0v) is 16.3. The van der Waals surface area contributed by atoms with E-state index in [1.165, 1.54) is 4.90 Å². The second kappa shape index (κ2) is 8.05. The van der Waals surface area contributed by atoms with E-state index in [1.807, 2.05) is 42.5 Å². The Labute approximate surface area is 173 Å². The van der Waals surface area contributed by atoms with Crippen molar-refractivity contribution in [2.24, 2.45) is 0 Å². The Hall–Kier alpha value is -3.18. The van der Waals surface area contributed by atoms with Gasteiger partial charge in [0.1, 0.15) is 6.04 Å². The van der Waals surface area contributed by atoms with Gasteiger partial charge in [0.25, 0.3) is 5.91 Å². The third-order valence-electron chi connectivity index (χ3n) is 5.25. The van der Waals surface area contributed by atoms with Crippen molar-refractivity contribution in [2.75, 3.05) is 0 Å². The van der Waals surface area contributed by atoms with Gasteiger partial charge in [-0.15, -0.1) is 0 Å². The Morgan fingerprint density at radius 1 is 0.931 bits per heavy atom. The molecule has 1 aliphatic rings. The molecule has 1 aliphatic heterocycles. The van der Waals surface area contributed by atoms with E-state index in [0.29, 0.717) is 29.1 Å². The average molecular weight is 407 g/mol. The molecule has 1 N–H and O–H groups in total. The SMILES string of the molecule is O=C(O)[C@@H]1CC[C@H](c2ncccc2Cl)N1C(=O)c1ccc(-c2ccccc2)cc1. The highest BCUT2D eigenvalue weighted by atomic mass is 35.5. The van der Waals surface area contributed by atoms with Crippen molar-refractivity contribution in [1.82, 2.24) is 9.88 Å². The van der Waals surface area contributed by atoms with Crippen LogP contribution in [0.2, 0.25) is 5.02 Å². The summed E-state index contributed by atoms with van der Waals surface area (Å²) in [7, 11) is 0. The van der Waals surface area contributed by atoms with Crippen LogP contribution in [0, 0.1) is 0 Å². The normalized spacial score (nSPS) is 18.6. The van der Waals surface area contributed by atoms with Crippen LogP contribution >= 0.6 is 11.6 Å². The van der Waals surface area contributed by atoms with Gasteiger partial charge in [-0.3, -0.25) is 9.78 Å². The molecule has 2 heterocycles. The van der Waals surface area contributed by atoms with E-state index in [-0.39, 0.29) is 5.91 Å². The van der Waals surface area contributed by atoms with Crippen LogP contribution < -0.4 is 0 Å². The lowest BCUT2D eigenvalue weighted by molar-refractivity contribution is -0.141. The summed E-state index contributed by atoms with van der Waals surface area (Å²) in [6, 6.07) is 19.1. The Morgan fingerprint density at radius 3 is 2.28 bits per heavy atom. The van der Waals surface area contributed by atoms with E-state index in [9.17, 15) is 14.7 Å². The number of pyridine rings is 1. The first-order valence-corrected chi connectivity index (χ1v) is 9.75. The quantitative estimate of drug-likeness (QED) is 0.673. The summed E-state index contributed by atoms with van der Waals surface area (Å²) in [4.78, 5) is 30.8. The number of carbonyl (C=O) groups is 2. The molecule has 6 heteroatoms. The fourth-order valence-electron chi connectivity index (χ4n) is 3.83. The number of hydrogen-bond donors (Lipinski definition) is 1. The molecule has 0 spiro atoms. The first-order valence-electron chi connectivity index (χ1n) is 9.37. The van der Waals surface area contributed by atoms with Crippen LogP contribution in [-0.2, 0) is 4.79 Å². The van der Waals surface area contributed by atoms with Crippen LogP contribution in [0.1, 0.15) is 34.9 Å². The predicted molar refractivity (Wildman–Crippen MR) is 111 cm³/mol. The highest BCUT2D eigenvalue weighted by Crippen LogP contribution is 2.39. The Bertz CT molecular complexity index is 1040. The molecule has 2 aromatic carbocycles. The monoisotopic (exact) mass is 406 g/mol. The minimum Gasteiger partial charge on any atom is -0.480 e. The van der Waals surface area contributed by atoms with E-state index in [2.05, 4.69) is 4.98 Å². The number of carbonyl (C=O) groups excluding carboxylic acids is 1. The van der Waals surface area contributed by atoms with Crippen molar-refractivity contribution < 1.29 is 14.7 Å². The average Bonchev–Trinajstić information content (AvgIpc) is 3.19. The number of rotatable bonds is 4. The van der Waals surface area contributed by atoms with Crippen molar-refractivity contribution in [3.05, 3.63) is 89.2 Å². The molecule has 0 aliphatic carbocycles. The molecule has 0 bridgehead atoms. The van der Waals surface area contributed by atoms with E-state index in [1.54, 1.807) is 30.5 Å². The minimum atomic E-state index is -1.02. The van der Waals surface area contributed by atoms with Crippen molar-refractivity contribution >= 4 is 23.5 Å². The van der Waals surface area contributed by atoms with Gasteiger partial charge in [-0.2, -0.15) is 0 Å². The summed E-state index contributed by atoms with van der Waals surface area (Å²) in [6.07, 6.45) is 2.47. The summed E-state index contributed by atoms with van der Waals surface area (Å²) in [5, 5.41) is 10.1. The lowest BCUT2D eigenvalue weighted by Crippen LogP contribution is -2.42. The molecular formula is C23H19ClN2O3. The van der Waals surface area contributed by atoms with Crippen molar-refractivity contribution in [1.29, 1.82) is 0 Å². The van der Waals surface area contributed by atoms with E-state index in [4.69, 9.17) is 11.6 Å². The fourth-order valence-corrected chi connectivity index (χ4v) is 4.08. The van der Waals surface area contributed by atoms with E-state index < -0.39 is 18.1 Å². The second-order valence-electron chi connectivity index (χ2n) is 6.97. The van der Waals surface area contributed by atoms with Gasteiger partial charge in [-0.05, 0) is 48.2 Å². The van der Waals surface area contributed by atoms with Gasteiger partial charge in [0, 0.05) is 11.8 Å². The topological polar surface area (TPSA) is 70.5 Å². The molecular weight excluding hydrogens is 388 g/mol. The smallest absolute Gasteiger partial charge is 0.326 e. The first-order chi connectivity index (χ1) is 14.1. The molecule has 0 radical (unpaired) electrons. The van der Waals surface area contributed by atoms with Gasteiger partial charge in [-0.1, -0.05) is 54.1 Å². The predicted octanol–water partition coefficient (Wildman–Crippen LogP) is 4.83. The largest absolute Gasteiger partial charge is 0.480 e. The highest BCUT2D eigenvalue weighted by molar-refractivity contribution is 6.31. The molecule has 1 amide bonds. The standard InChI is InChI=1S/C23H19ClN2O3/c24-18-7-4-14-25-21(18)19-12-13-20(23(28)29)26(19)22(27)17-10-8-16(9-11-17)15-5-2-1-3-6-15/h1-11,14,19-20H,12-13H2,(H,28,29)/t19-,20+/m1/s1. The maximum absolute atomic E-state index is 13.3. The van der Waals surface area contributed by atoms with Gasteiger partial charge in [0.15, 0.2) is 0 Å². The number of nitrogens with zero attached hydrogens (tertiary/aromatic N) is 2. The third-order valence-corrected chi connectivity index (χ3v) is 5.57. The van der Waals surface area contributed by atoms with Gasteiger partial charge in [-0.25, -0.2) is 4.79 Å². The van der Waals surface area contributed by atoms with Gasteiger partial charge in [0.2, 0.25) is 0 Å². The number of benzene rings is 2. The molecule has 1 fully saturated rings. The van der Waals surface area contributed by atoms with E-state index >= 15 is 0 Å². The maximum atomic E-state index is 13.3. The molecule has 2 atom stereocenters. The van der Waals surface area contributed by atoms with E-state index in [0.717, 1.165) is 11.1 Å². The number of likely N-dealkylation sites (tertiary alicyclic amines) is 1. The van der Waals surface area contributed by atoms with Crippen LogP contribution in [0.4, 0.5) is 0 Å². The number of carboxylic acid groups (broad SMARTS) is 1. The van der Waals surface area contributed by atoms with Crippen LogP contribution in [0.15, 0.2) is 72.9 Å². The summed E-state index contributed by atoms with van der Waals surface area (Å²) in [5.41, 5.74) is 3.01. The lowest BCUT2D eigenvalue weighted by Gasteiger charge is -2.28.